The highest BCUT2D eigenvalue weighted by Gasteiger charge is 2.24. The van der Waals surface area contributed by atoms with E-state index in [1.807, 2.05) is 19.9 Å². The quantitative estimate of drug-likeness (QED) is 0.438. The fourth-order valence-corrected chi connectivity index (χ4v) is 4.89. The number of rotatable bonds is 9. The monoisotopic (exact) mass is 484 g/mol. The standard InChI is InChI=1S/C26H33ClN4O3/c1-15-23(11-18-7-5-6-8-18)29-26(30-25(15)24-16(2)31-34-17(24)3)21-12-20(9-10-22(21)27)33-14-19(32)13-28-4/h9-10,12,18-19,28,32H,5-8,11,13-14H2,1-4H3/t19-/m0/s1. The highest BCUT2D eigenvalue weighted by Crippen LogP contribution is 2.36. The van der Waals surface area contributed by atoms with Gasteiger partial charge in [0.15, 0.2) is 5.82 Å². The molecule has 4 rings (SSSR count). The molecule has 0 amide bonds. The number of ether oxygens (including phenoxy) is 1. The zero-order chi connectivity index (χ0) is 24.2. The van der Waals surface area contributed by atoms with Gasteiger partial charge >= 0.3 is 0 Å². The summed E-state index contributed by atoms with van der Waals surface area (Å²) in [4.78, 5) is 9.96. The average molecular weight is 485 g/mol. The number of nitrogens with one attached hydrogen (secondary N) is 1. The van der Waals surface area contributed by atoms with Crippen molar-refractivity contribution in [1.29, 1.82) is 0 Å². The fourth-order valence-electron chi connectivity index (χ4n) is 4.69. The van der Waals surface area contributed by atoms with Gasteiger partial charge in [0.25, 0.3) is 0 Å². The molecule has 2 N–H and O–H groups in total. The van der Waals surface area contributed by atoms with Crippen molar-refractivity contribution in [2.75, 3.05) is 20.2 Å². The second-order valence-corrected chi connectivity index (χ2v) is 9.59. The van der Waals surface area contributed by atoms with Gasteiger partial charge in [0.05, 0.1) is 22.0 Å². The molecular formula is C26H33ClN4O3. The second kappa shape index (κ2) is 10.8. The first-order chi connectivity index (χ1) is 16.4. The van der Waals surface area contributed by atoms with Crippen molar-refractivity contribution in [3.8, 4) is 28.4 Å². The minimum atomic E-state index is -0.607. The van der Waals surface area contributed by atoms with Crippen molar-refractivity contribution in [2.45, 2.75) is 59.0 Å². The highest BCUT2D eigenvalue weighted by molar-refractivity contribution is 6.33. The molecule has 34 heavy (non-hydrogen) atoms. The lowest BCUT2D eigenvalue weighted by atomic mass is 9.96. The average Bonchev–Trinajstić information content (AvgIpc) is 3.44. The molecule has 1 atom stereocenters. The molecule has 182 valence electrons. The summed E-state index contributed by atoms with van der Waals surface area (Å²) in [5, 5.41) is 17.6. The molecule has 8 heteroatoms. The predicted molar refractivity (Wildman–Crippen MR) is 133 cm³/mol. The molecule has 0 unspecified atom stereocenters. The summed E-state index contributed by atoms with van der Waals surface area (Å²) in [5.41, 5.74) is 5.35. The van der Waals surface area contributed by atoms with Crippen LogP contribution in [0.4, 0.5) is 0 Å². The smallest absolute Gasteiger partial charge is 0.161 e. The molecular weight excluding hydrogens is 452 g/mol. The Morgan fingerprint density at radius 1 is 1.21 bits per heavy atom. The number of benzene rings is 1. The zero-order valence-electron chi connectivity index (χ0n) is 20.3. The molecule has 3 aromatic rings. The van der Waals surface area contributed by atoms with Gasteiger partial charge in [-0.2, -0.15) is 0 Å². The summed E-state index contributed by atoms with van der Waals surface area (Å²) in [5.74, 6) is 2.53. The summed E-state index contributed by atoms with van der Waals surface area (Å²) in [7, 11) is 1.79. The van der Waals surface area contributed by atoms with Crippen LogP contribution in [-0.2, 0) is 6.42 Å². The predicted octanol–water partition coefficient (Wildman–Crippen LogP) is 5.07. The maximum absolute atomic E-state index is 10.00. The van der Waals surface area contributed by atoms with Crippen LogP contribution < -0.4 is 10.1 Å². The molecule has 0 spiro atoms. The van der Waals surface area contributed by atoms with E-state index in [0.29, 0.717) is 34.6 Å². The van der Waals surface area contributed by atoms with Crippen LogP contribution in [0.2, 0.25) is 5.02 Å². The zero-order valence-corrected chi connectivity index (χ0v) is 21.1. The Kier molecular flexibility index (Phi) is 7.86. The van der Waals surface area contributed by atoms with E-state index < -0.39 is 6.10 Å². The number of aromatic nitrogens is 3. The van der Waals surface area contributed by atoms with Crippen molar-refractivity contribution >= 4 is 11.6 Å². The van der Waals surface area contributed by atoms with Crippen LogP contribution >= 0.6 is 11.6 Å². The van der Waals surface area contributed by atoms with Gasteiger partial charge in [0.2, 0.25) is 0 Å². The molecule has 1 aliphatic carbocycles. The van der Waals surface area contributed by atoms with Crippen LogP contribution in [0.3, 0.4) is 0 Å². The van der Waals surface area contributed by atoms with Gasteiger partial charge in [-0.25, -0.2) is 9.97 Å². The number of hydrogen-bond acceptors (Lipinski definition) is 7. The largest absolute Gasteiger partial charge is 0.491 e. The van der Waals surface area contributed by atoms with E-state index in [1.54, 1.807) is 19.2 Å². The van der Waals surface area contributed by atoms with E-state index in [0.717, 1.165) is 40.4 Å². The molecule has 0 radical (unpaired) electrons. The van der Waals surface area contributed by atoms with Gasteiger partial charge in [-0.05, 0) is 63.9 Å². The van der Waals surface area contributed by atoms with Crippen LogP contribution in [0.25, 0.3) is 22.6 Å². The number of aliphatic hydroxyl groups excluding tert-OH is 1. The van der Waals surface area contributed by atoms with Crippen LogP contribution in [-0.4, -0.2) is 46.5 Å². The Balaban J connectivity index is 1.76. The number of nitrogens with zero attached hydrogens (tertiary/aromatic N) is 3. The third-order valence-electron chi connectivity index (χ3n) is 6.53. The van der Waals surface area contributed by atoms with E-state index in [2.05, 4.69) is 17.4 Å². The molecule has 1 fully saturated rings. The maximum atomic E-state index is 10.00. The minimum Gasteiger partial charge on any atom is -0.491 e. The van der Waals surface area contributed by atoms with Gasteiger partial charge in [0, 0.05) is 17.8 Å². The summed E-state index contributed by atoms with van der Waals surface area (Å²) in [6.07, 6.45) is 5.34. The van der Waals surface area contributed by atoms with Crippen molar-refractivity contribution in [1.82, 2.24) is 20.4 Å². The maximum Gasteiger partial charge on any atom is 0.161 e. The van der Waals surface area contributed by atoms with E-state index in [4.69, 9.17) is 30.8 Å². The van der Waals surface area contributed by atoms with Gasteiger partial charge in [-0.3, -0.25) is 0 Å². The van der Waals surface area contributed by atoms with E-state index in [-0.39, 0.29) is 6.61 Å². The number of aliphatic hydroxyl groups is 1. The normalized spacial score (nSPS) is 15.1. The molecule has 0 saturated heterocycles. The molecule has 2 aromatic heterocycles. The van der Waals surface area contributed by atoms with Crippen LogP contribution in [0.5, 0.6) is 5.75 Å². The first-order valence-corrected chi connectivity index (χ1v) is 12.3. The number of hydrogen-bond donors (Lipinski definition) is 2. The minimum absolute atomic E-state index is 0.175. The number of halogens is 1. The van der Waals surface area contributed by atoms with Crippen molar-refractivity contribution in [2.24, 2.45) is 5.92 Å². The first-order valence-electron chi connectivity index (χ1n) is 11.9. The van der Waals surface area contributed by atoms with Crippen molar-refractivity contribution in [3.05, 3.63) is 45.9 Å². The van der Waals surface area contributed by atoms with Crippen molar-refractivity contribution in [3.63, 3.8) is 0 Å². The van der Waals surface area contributed by atoms with Crippen LogP contribution in [0, 0.1) is 26.7 Å². The number of likely N-dealkylation sites (N-methyl/N-ethyl adjacent to an activating group) is 1. The highest BCUT2D eigenvalue weighted by atomic mass is 35.5. The van der Waals surface area contributed by atoms with E-state index >= 15 is 0 Å². The lowest BCUT2D eigenvalue weighted by molar-refractivity contribution is 0.108. The Bertz CT molecular complexity index is 1120. The third kappa shape index (κ3) is 5.43. The van der Waals surface area contributed by atoms with Gasteiger partial charge in [0.1, 0.15) is 24.2 Å². The Morgan fingerprint density at radius 2 is 1.97 bits per heavy atom. The third-order valence-corrected chi connectivity index (χ3v) is 6.86. The Hall–Kier alpha value is -2.48. The SMILES string of the molecule is CNC[C@H](O)COc1ccc(Cl)c(-c2nc(CC3CCCC3)c(C)c(-c3c(C)noc3C)n2)c1. The lowest BCUT2D eigenvalue weighted by Crippen LogP contribution is -2.29. The summed E-state index contributed by atoms with van der Waals surface area (Å²) in [6, 6.07) is 5.42. The Morgan fingerprint density at radius 3 is 2.65 bits per heavy atom. The van der Waals surface area contributed by atoms with E-state index in [1.165, 1.54) is 25.7 Å². The summed E-state index contributed by atoms with van der Waals surface area (Å²) >= 11 is 6.62. The molecule has 0 aliphatic heterocycles. The van der Waals surface area contributed by atoms with Crippen LogP contribution in [0.15, 0.2) is 22.7 Å². The second-order valence-electron chi connectivity index (χ2n) is 9.19. The van der Waals surface area contributed by atoms with Crippen LogP contribution in [0.1, 0.15) is 48.4 Å². The van der Waals surface area contributed by atoms with E-state index in [9.17, 15) is 5.11 Å². The molecule has 0 bridgehead atoms. The molecule has 1 aliphatic rings. The molecule has 1 aromatic carbocycles. The fraction of sp³-hybridized carbons (Fsp3) is 0.500. The molecule has 1 saturated carbocycles. The van der Waals surface area contributed by atoms with Gasteiger partial charge in [-0.15, -0.1) is 0 Å². The summed E-state index contributed by atoms with van der Waals surface area (Å²) in [6.45, 7) is 6.55. The summed E-state index contributed by atoms with van der Waals surface area (Å²) < 4.78 is 11.3. The van der Waals surface area contributed by atoms with Gasteiger partial charge in [-0.1, -0.05) is 42.4 Å². The Labute approximate surface area is 205 Å². The topological polar surface area (TPSA) is 93.3 Å². The first kappa shape index (κ1) is 24.6. The van der Waals surface area contributed by atoms with Gasteiger partial charge < -0.3 is 19.7 Å². The molecule has 7 nitrogen and oxygen atoms in total. The lowest BCUT2D eigenvalue weighted by Gasteiger charge is -2.17. The molecule has 2 heterocycles. The van der Waals surface area contributed by atoms with Crippen molar-refractivity contribution < 1.29 is 14.4 Å². The number of aryl methyl sites for hydroxylation is 2.